The minimum atomic E-state index is -1.40. The molecule has 0 aliphatic heterocycles. The number of halogens is 23. The van der Waals surface area contributed by atoms with Crippen LogP contribution in [0.4, 0.5) is 101 Å². The molecule has 0 radical (unpaired) electrons. The summed E-state index contributed by atoms with van der Waals surface area (Å²) in [7, 11) is 0. The molecule has 0 atom stereocenters. The summed E-state index contributed by atoms with van der Waals surface area (Å²) in [6.07, 6.45) is 0. The molecule has 0 aliphatic carbocycles. The third-order valence-electron chi connectivity index (χ3n) is 10.5. The summed E-state index contributed by atoms with van der Waals surface area (Å²) in [4.78, 5) is 0. The molecule has 0 aliphatic rings. The van der Waals surface area contributed by atoms with E-state index in [1.54, 1.807) is 13.8 Å². The van der Waals surface area contributed by atoms with E-state index in [1.165, 1.54) is 90.9 Å². The van der Waals surface area contributed by atoms with E-state index in [9.17, 15) is 101 Å². The Morgan fingerprint density at radius 1 is 0.174 bits per heavy atom. The van der Waals surface area contributed by atoms with Gasteiger partial charge in [-0.3, -0.25) is 0 Å². The van der Waals surface area contributed by atoms with Gasteiger partial charge in [0.1, 0.15) is 69.8 Å². The van der Waals surface area contributed by atoms with E-state index in [-0.39, 0.29) is 39.2 Å². The normalized spacial score (nSPS) is 9.86. The van der Waals surface area contributed by atoms with E-state index < -0.39 is 128 Å². The lowest BCUT2D eigenvalue weighted by atomic mass is 10.2. The maximum absolute atomic E-state index is 12.4. The molecule has 86 heavy (non-hydrogen) atoms. The van der Waals surface area contributed by atoms with Crippen molar-refractivity contribution in [3.05, 3.63) is 317 Å². The van der Waals surface area contributed by atoms with E-state index in [1.807, 2.05) is 0 Å². The van der Waals surface area contributed by atoms with Gasteiger partial charge < -0.3 is 0 Å². The maximum Gasteiger partial charge on any atom is 0.194 e. The summed E-state index contributed by atoms with van der Waals surface area (Å²) in [6.45, 7) is 12.8. The summed E-state index contributed by atoms with van der Waals surface area (Å²) in [6, 6.07) is 22.3. The second-order valence-corrected chi connectivity index (χ2v) is 17.6. The van der Waals surface area contributed by atoms with Crippen molar-refractivity contribution >= 4 is 0 Å². The highest BCUT2D eigenvalue weighted by Gasteiger charge is 2.11. The van der Waals surface area contributed by atoms with Crippen molar-refractivity contribution in [2.75, 3.05) is 0 Å². The highest BCUT2D eigenvalue weighted by Crippen LogP contribution is 2.18. The molecule has 9 aromatic carbocycles. The van der Waals surface area contributed by atoms with Crippen molar-refractivity contribution in [3.63, 3.8) is 0 Å². The number of aryl methyl sites for hydroxylation is 6. The predicted molar refractivity (Wildman–Crippen MR) is 280 cm³/mol. The summed E-state index contributed by atoms with van der Waals surface area (Å²) < 4.78 is 282. The Morgan fingerprint density at radius 2 is 0.570 bits per heavy atom. The second-order valence-electron chi connectivity index (χ2n) is 17.6. The molecule has 9 rings (SSSR count). The van der Waals surface area contributed by atoms with Crippen LogP contribution in [0.1, 0.15) is 50.1 Å². The largest absolute Gasteiger partial charge is 0.207 e. The minimum Gasteiger partial charge on any atom is -0.207 e. The molecular weight excluding hydrogens is 1190 g/mol. The average molecular weight is 1240 g/mol. The SMILES string of the molecule is Cc1c(F)cc(F)cc1F.Cc1c(F)ccc(F)c1F.Cc1c(F)cccc1F.Cc1cc(F)c(F)cc1F.Cc1cc(F)cc(F)c1.Cc1cc(F)cc(F)c1F.Cc1cc(F)ccc1F.Cc1ccc(F)c(F)c1.Cc1ccc(F)c(F)c1F. The van der Waals surface area contributed by atoms with Crippen molar-refractivity contribution in [1.82, 2.24) is 0 Å². The first-order chi connectivity index (χ1) is 39.9. The van der Waals surface area contributed by atoms with Gasteiger partial charge in [-0.25, -0.2) is 101 Å². The monoisotopic (exact) mass is 1240 g/mol. The van der Waals surface area contributed by atoms with Crippen LogP contribution in [0.2, 0.25) is 0 Å². The molecule has 0 nitrogen and oxygen atoms in total. The fraction of sp³-hybridized carbons (Fsp3) is 0.143. The molecule has 0 saturated carbocycles. The molecule has 0 bridgehead atoms. The minimum absolute atomic E-state index is 0.0162. The Balaban J connectivity index is 0.000000484. The van der Waals surface area contributed by atoms with Gasteiger partial charge in [0.05, 0.1) is 0 Å². The average Bonchev–Trinajstić information content (AvgIpc) is 3.63. The van der Waals surface area contributed by atoms with Crippen LogP contribution in [0.3, 0.4) is 0 Å². The van der Waals surface area contributed by atoms with E-state index in [4.69, 9.17) is 0 Å². The molecule has 0 amide bonds. The van der Waals surface area contributed by atoms with Gasteiger partial charge in [0, 0.05) is 47.0 Å². The molecule has 0 unspecified atom stereocenters. The molecule has 23 heteroatoms. The van der Waals surface area contributed by atoms with Crippen LogP contribution >= 0.6 is 0 Å². The summed E-state index contributed by atoms with van der Waals surface area (Å²) in [5.41, 5.74) is 1.53. The zero-order valence-corrected chi connectivity index (χ0v) is 46.4. The quantitative estimate of drug-likeness (QED) is 0.0806. The van der Waals surface area contributed by atoms with Crippen LogP contribution in [0.5, 0.6) is 0 Å². The van der Waals surface area contributed by atoms with Crippen molar-refractivity contribution in [3.8, 4) is 0 Å². The van der Waals surface area contributed by atoms with E-state index in [0.29, 0.717) is 35.4 Å². The summed E-state index contributed by atoms with van der Waals surface area (Å²) in [5.74, 6) is -19.2. The topological polar surface area (TPSA) is 0 Å². The zero-order valence-electron chi connectivity index (χ0n) is 46.4. The number of rotatable bonds is 0. The van der Waals surface area contributed by atoms with Gasteiger partial charge in [-0.15, -0.1) is 0 Å². The lowest BCUT2D eigenvalue weighted by molar-refractivity contribution is 0.443. The van der Waals surface area contributed by atoms with Crippen LogP contribution in [-0.4, -0.2) is 0 Å². The molecule has 0 heterocycles. The molecule has 462 valence electrons. The summed E-state index contributed by atoms with van der Waals surface area (Å²) in [5, 5.41) is 0. The van der Waals surface area contributed by atoms with Gasteiger partial charge >= 0.3 is 0 Å². The standard InChI is InChI=1S/5C7H5F3.4C7H6F2/c1-4-6(9)2-5(8)3-7(4)10;1-4-2-6(9)7(10)3-5(4)8;1-4-2-5(8)3-6(9)7(4)10;1-4-5(8)2-3-6(9)7(4)10;1-4-2-3-5(8)7(10)6(4)9;1-5-2-6(8)4-7(9)3-5;1-5-4-6(8)2-3-7(5)9;1-5-2-3-6(8)7(9)4-5;1-5-6(8)3-2-4-7(5)9/h5*2-3H,1H3;4*2-4H,1H3. The van der Waals surface area contributed by atoms with Crippen LogP contribution in [0.15, 0.2) is 133 Å². The Hall–Kier alpha value is -8.63. The van der Waals surface area contributed by atoms with E-state index in [2.05, 4.69) is 0 Å². The van der Waals surface area contributed by atoms with Crippen molar-refractivity contribution in [2.45, 2.75) is 62.3 Å². The smallest absolute Gasteiger partial charge is 0.194 e. The highest BCUT2D eigenvalue weighted by molar-refractivity contribution is 5.23. The Bertz CT molecular complexity index is 3270. The molecule has 9 aromatic rings. The highest BCUT2D eigenvalue weighted by atomic mass is 19.2. The van der Waals surface area contributed by atoms with Crippen molar-refractivity contribution in [2.24, 2.45) is 0 Å². The van der Waals surface area contributed by atoms with Gasteiger partial charge in [-0.05, 0) is 181 Å². The van der Waals surface area contributed by atoms with Crippen LogP contribution in [-0.2, 0) is 0 Å². The van der Waals surface area contributed by atoms with Crippen LogP contribution in [0.25, 0.3) is 0 Å². The predicted octanol–water partition coefficient (Wildman–Crippen LogP) is 21.2. The lowest BCUT2D eigenvalue weighted by Crippen LogP contribution is -1.92. The van der Waals surface area contributed by atoms with E-state index >= 15 is 0 Å². The molecule has 0 aromatic heterocycles. The molecule has 0 fully saturated rings. The Morgan fingerprint density at radius 3 is 1.01 bits per heavy atom. The molecule has 0 N–H and O–H groups in total. The second kappa shape index (κ2) is 36.3. The summed E-state index contributed by atoms with van der Waals surface area (Å²) >= 11 is 0. The Labute approximate surface area is 479 Å². The van der Waals surface area contributed by atoms with Crippen LogP contribution in [0, 0.1) is 196 Å². The molecule has 0 spiro atoms. The fourth-order valence-corrected chi connectivity index (χ4v) is 5.65. The molecular formula is C63H49F23. The van der Waals surface area contributed by atoms with Gasteiger partial charge in [0.2, 0.25) is 0 Å². The van der Waals surface area contributed by atoms with Gasteiger partial charge in [0.25, 0.3) is 0 Å². The Kier molecular flexibility index (Phi) is 31.8. The van der Waals surface area contributed by atoms with Crippen LogP contribution < -0.4 is 0 Å². The lowest BCUT2D eigenvalue weighted by Gasteiger charge is -1.97. The van der Waals surface area contributed by atoms with Crippen molar-refractivity contribution in [1.29, 1.82) is 0 Å². The van der Waals surface area contributed by atoms with Gasteiger partial charge in [0.15, 0.2) is 64.0 Å². The van der Waals surface area contributed by atoms with E-state index in [0.717, 1.165) is 72.3 Å². The third kappa shape index (κ3) is 26.5. The first-order valence-corrected chi connectivity index (χ1v) is 24.1. The first-order valence-electron chi connectivity index (χ1n) is 24.1. The number of hydrogen-bond acceptors (Lipinski definition) is 0. The fourth-order valence-electron chi connectivity index (χ4n) is 5.65. The first kappa shape index (κ1) is 75.4. The zero-order chi connectivity index (χ0) is 66.0. The number of benzene rings is 9. The third-order valence-corrected chi connectivity index (χ3v) is 10.5. The van der Waals surface area contributed by atoms with Crippen molar-refractivity contribution < 1.29 is 101 Å². The van der Waals surface area contributed by atoms with Gasteiger partial charge in [-0.1, -0.05) is 18.2 Å². The number of hydrogen-bond donors (Lipinski definition) is 0. The maximum atomic E-state index is 12.4. The molecule has 0 saturated heterocycles. The van der Waals surface area contributed by atoms with Gasteiger partial charge in [-0.2, -0.15) is 0 Å².